The molecule has 0 atom stereocenters. The lowest BCUT2D eigenvalue weighted by molar-refractivity contribution is -0.132. The van der Waals surface area contributed by atoms with Gasteiger partial charge in [0.25, 0.3) is 5.56 Å². The van der Waals surface area contributed by atoms with Crippen LogP contribution in [0.2, 0.25) is 0 Å². The first-order valence-corrected chi connectivity index (χ1v) is 8.73. The molecule has 1 aliphatic rings. The van der Waals surface area contributed by atoms with E-state index in [0.717, 1.165) is 31.4 Å². The minimum Gasteiger partial charge on any atom is -0.352 e. The molecule has 7 nitrogen and oxygen atoms in total. The lowest BCUT2D eigenvalue weighted by Crippen LogP contribution is -2.39. The average Bonchev–Trinajstić information content (AvgIpc) is 3.28. The molecule has 1 fully saturated rings. The smallest absolute Gasteiger partial charge is 0.251 e. The number of thioether (sulfide) groups is 1. The quantitative estimate of drug-likeness (QED) is 0.533. The van der Waals surface area contributed by atoms with E-state index in [1.165, 1.54) is 22.7 Å². The molecule has 1 aliphatic carbocycles. The number of aromatic nitrogens is 2. The van der Waals surface area contributed by atoms with Crippen LogP contribution >= 0.6 is 11.8 Å². The number of aromatic amines is 1. The van der Waals surface area contributed by atoms with Crippen LogP contribution < -0.4 is 10.9 Å². The molecule has 2 N–H and O–H groups in total. The fourth-order valence-electron chi connectivity index (χ4n) is 1.98. The minimum atomic E-state index is -0.212. The molecular weight excluding hydrogens is 316 g/mol. The van der Waals surface area contributed by atoms with Crippen molar-refractivity contribution in [2.45, 2.75) is 43.8 Å². The summed E-state index contributed by atoms with van der Waals surface area (Å²) in [5.74, 6) is -0.180. The minimum absolute atomic E-state index is 0.0513. The highest BCUT2D eigenvalue weighted by molar-refractivity contribution is 7.99. The number of carbonyl (C=O) groups excluding carboxylic acids is 2. The normalized spacial score (nSPS) is 13.7. The van der Waals surface area contributed by atoms with Gasteiger partial charge in [-0.25, -0.2) is 4.98 Å². The van der Waals surface area contributed by atoms with Crippen LogP contribution in [0.1, 0.15) is 31.9 Å². The second kappa shape index (κ2) is 8.14. The zero-order chi connectivity index (χ0) is 16.8. The molecule has 1 aromatic rings. The van der Waals surface area contributed by atoms with Crippen molar-refractivity contribution in [1.29, 1.82) is 0 Å². The zero-order valence-corrected chi connectivity index (χ0v) is 14.2. The van der Waals surface area contributed by atoms with Gasteiger partial charge in [-0.2, -0.15) is 0 Å². The second-order valence-corrected chi connectivity index (χ2v) is 6.64. The molecule has 0 unspecified atom stereocenters. The van der Waals surface area contributed by atoms with Crippen LogP contribution in [0.4, 0.5) is 0 Å². The highest BCUT2D eigenvalue weighted by atomic mass is 32.2. The SMILES string of the molecule is CCCc1cc(=O)[nH]c(SCC(=O)N(C)CC(=O)NC2CC2)n1. The van der Waals surface area contributed by atoms with Gasteiger partial charge in [-0.1, -0.05) is 25.1 Å². The van der Waals surface area contributed by atoms with E-state index in [1.807, 2.05) is 6.92 Å². The van der Waals surface area contributed by atoms with Gasteiger partial charge in [-0.3, -0.25) is 14.4 Å². The molecule has 23 heavy (non-hydrogen) atoms. The summed E-state index contributed by atoms with van der Waals surface area (Å²) in [6.45, 7) is 2.07. The molecule has 2 rings (SSSR count). The number of H-pyrrole nitrogens is 1. The van der Waals surface area contributed by atoms with E-state index in [9.17, 15) is 14.4 Å². The molecular formula is C15H22N4O3S. The predicted molar refractivity (Wildman–Crippen MR) is 88.4 cm³/mol. The number of likely N-dealkylation sites (N-methyl/N-ethyl adjacent to an activating group) is 1. The summed E-state index contributed by atoms with van der Waals surface area (Å²) >= 11 is 1.17. The van der Waals surface area contributed by atoms with E-state index in [4.69, 9.17) is 0 Å². The van der Waals surface area contributed by atoms with E-state index in [2.05, 4.69) is 15.3 Å². The molecule has 0 bridgehead atoms. The summed E-state index contributed by atoms with van der Waals surface area (Å²) in [6.07, 6.45) is 3.67. The third kappa shape index (κ3) is 6.05. The topological polar surface area (TPSA) is 95.2 Å². The van der Waals surface area contributed by atoms with Gasteiger partial charge in [-0.05, 0) is 19.3 Å². The first-order chi connectivity index (χ1) is 11.0. The Morgan fingerprint density at radius 2 is 2.22 bits per heavy atom. The monoisotopic (exact) mass is 338 g/mol. The Bertz CT molecular complexity index is 627. The van der Waals surface area contributed by atoms with Crippen LogP contribution in [-0.2, 0) is 16.0 Å². The van der Waals surface area contributed by atoms with E-state index < -0.39 is 0 Å². The van der Waals surface area contributed by atoms with Crippen molar-refractivity contribution in [2.75, 3.05) is 19.3 Å². The maximum atomic E-state index is 12.1. The average molecular weight is 338 g/mol. The van der Waals surface area contributed by atoms with Gasteiger partial charge >= 0.3 is 0 Å². The summed E-state index contributed by atoms with van der Waals surface area (Å²) in [5, 5.41) is 3.28. The number of nitrogens with one attached hydrogen (secondary N) is 2. The molecule has 0 saturated heterocycles. The number of amides is 2. The highest BCUT2D eigenvalue weighted by Crippen LogP contribution is 2.18. The molecule has 1 heterocycles. The standard InChI is InChI=1S/C15H22N4O3S/c1-3-4-11-7-12(20)18-15(17-11)23-9-14(22)19(2)8-13(21)16-10-5-6-10/h7,10H,3-6,8-9H2,1-2H3,(H,16,21)(H,17,18,20). The van der Waals surface area contributed by atoms with E-state index >= 15 is 0 Å². The Morgan fingerprint density at radius 1 is 1.48 bits per heavy atom. The first kappa shape index (κ1) is 17.5. The van der Waals surface area contributed by atoms with Gasteiger partial charge in [0.15, 0.2) is 5.16 Å². The number of aryl methyl sites for hydroxylation is 1. The third-order valence-corrected chi connectivity index (χ3v) is 4.22. The van der Waals surface area contributed by atoms with Gasteiger partial charge < -0.3 is 15.2 Å². The van der Waals surface area contributed by atoms with E-state index in [0.29, 0.717) is 5.16 Å². The largest absolute Gasteiger partial charge is 0.352 e. The maximum Gasteiger partial charge on any atom is 0.251 e. The lowest BCUT2D eigenvalue weighted by Gasteiger charge is -2.16. The predicted octanol–water partition coefficient (Wildman–Crippen LogP) is 0.552. The molecule has 8 heteroatoms. The zero-order valence-electron chi connectivity index (χ0n) is 13.4. The van der Waals surface area contributed by atoms with Crippen LogP contribution in [0.15, 0.2) is 16.0 Å². The van der Waals surface area contributed by atoms with Crippen LogP contribution in [0.25, 0.3) is 0 Å². The molecule has 0 aromatic carbocycles. The Kier molecular flexibility index (Phi) is 6.20. The van der Waals surface area contributed by atoms with Crippen molar-refractivity contribution in [3.63, 3.8) is 0 Å². The maximum absolute atomic E-state index is 12.1. The molecule has 0 radical (unpaired) electrons. The summed E-state index contributed by atoms with van der Waals surface area (Å²) in [5.41, 5.74) is 0.513. The Hall–Kier alpha value is -1.83. The Morgan fingerprint density at radius 3 is 2.87 bits per heavy atom. The number of carbonyl (C=O) groups is 2. The Balaban J connectivity index is 1.82. The number of rotatable bonds is 8. The molecule has 0 spiro atoms. The van der Waals surface area contributed by atoms with Crippen molar-refractivity contribution in [2.24, 2.45) is 0 Å². The molecule has 126 valence electrons. The number of nitrogens with zero attached hydrogens (tertiary/aromatic N) is 2. The summed E-state index contributed by atoms with van der Waals surface area (Å²) in [7, 11) is 1.60. The molecule has 1 saturated carbocycles. The fraction of sp³-hybridized carbons (Fsp3) is 0.600. The van der Waals surface area contributed by atoms with Crippen molar-refractivity contribution >= 4 is 23.6 Å². The van der Waals surface area contributed by atoms with Gasteiger partial charge in [-0.15, -0.1) is 0 Å². The molecule has 1 aromatic heterocycles. The highest BCUT2D eigenvalue weighted by Gasteiger charge is 2.24. The van der Waals surface area contributed by atoms with Crippen LogP contribution in [-0.4, -0.2) is 52.1 Å². The fourth-order valence-corrected chi connectivity index (χ4v) is 2.82. The van der Waals surface area contributed by atoms with Gasteiger partial charge in [0.05, 0.1) is 12.3 Å². The first-order valence-electron chi connectivity index (χ1n) is 7.74. The van der Waals surface area contributed by atoms with Crippen LogP contribution in [0.5, 0.6) is 0 Å². The van der Waals surface area contributed by atoms with Gasteiger partial charge in [0.2, 0.25) is 11.8 Å². The summed E-state index contributed by atoms with van der Waals surface area (Å²) in [6, 6.07) is 1.76. The Labute approximate surface area is 139 Å². The van der Waals surface area contributed by atoms with Crippen molar-refractivity contribution in [3.05, 3.63) is 22.1 Å². The van der Waals surface area contributed by atoms with Crippen molar-refractivity contribution in [1.82, 2.24) is 20.2 Å². The van der Waals surface area contributed by atoms with Gasteiger partial charge in [0, 0.05) is 24.8 Å². The number of hydrogen-bond acceptors (Lipinski definition) is 5. The second-order valence-electron chi connectivity index (χ2n) is 5.67. The van der Waals surface area contributed by atoms with Crippen molar-refractivity contribution in [3.8, 4) is 0 Å². The van der Waals surface area contributed by atoms with Gasteiger partial charge in [0.1, 0.15) is 0 Å². The third-order valence-electron chi connectivity index (χ3n) is 3.36. The van der Waals surface area contributed by atoms with Crippen LogP contribution in [0, 0.1) is 0 Å². The summed E-state index contributed by atoms with van der Waals surface area (Å²) < 4.78 is 0. The van der Waals surface area contributed by atoms with Crippen LogP contribution in [0.3, 0.4) is 0 Å². The number of hydrogen-bond donors (Lipinski definition) is 2. The van der Waals surface area contributed by atoms with E-state index in [1.54, 1.807) is 7.05 Å². The van der Waals surface area contributed by atoms with E-state index in [-0.39, 0.29) is 35.7 Å². The molecule has 0 aliphatic heterocycles. The summed E-state index contributed by atoms with van der Waals surface area (Å²) in [4.78, 5) is 43.6. The lowest BCUT2D eigenvalue weighted by atomic mass is 10.2. The van der Waals surface area contributed by atoms with Crippen molar-refractivity contribution < 1.29 is 9.59 Å². The molecule has 2 amide bonds.